The highest BCUT2D eigenvalue weighted by Gasteiger charge is 2.18. The molecule has 0 unspecified atom stereocenters. The fourth-order valence-electron chi connectivity index (χ4n) is 2.98. The molecule has 8 nitrogen and oxygen atoms in total. The maximum Gasteiger partial charge on any atom is 0.245 e. The Labute approximate surface area is 163 Å². The Bertz CT molecular complexity index is 885. The van der Waals surface area contributed by atoms with Gasteiger partial charge in [-0.3, -0.25) is 4.98 Å². The van der Waals surface area contributed by atoms with Crippen LogP contribution in [0.5, 0.6) is 0 Å². The average Bonchev–Trinajstić information content (AvgIpc) is 3.02. The van der Waals surface area contributed by atoms with Gasteiger partial charge in [-0.25, -0.2) is 9.97 Å². The molecule has 0 spiro atoms. The topological polar surface area (TPSA) is 102 Å². The first kappa shape index (κ1) is 19.2. The van der Waals surface area contributed by atoms with Crippen LogP contribution in [0.1, 0.15) is 29.9 Å². The van der Waals surface area contributed by atoms with E-state index in [1.165, 1.54) is 0 Å². The molecule has 0 aromatic carbocycles. The van der Waals surface area contributed by atoms with Gasteiger partial charge in [0, 0.05) is 42.9 Å². The molecule has 27 heavy (non-hydrogen) atoms. The molecule has 4 heterocycles. The van der Waals surface area contributed by atoms with E-state index >= 15 is 0 Å². The SMILES string of the molecule is CCc1noc(CNc2nc(-c3cccnc3)nc3c2CCNCC3)n1.Cl. The second-order valence-electron chi connectivity index (χ2n) is 6.12. The minimum absolute atomic E-state index is 0. The van der Waals surface area contributed by atoms with Crippen LogP contribution in [0.15, 0.2) is 29.0 Å². The van der Waals surface area contributed by atoms with Crippen LogP contribution in [0.25, 0.3) is 11.4 Å². The Hall–Kier alpha value is -2.58. The van der Waals surface area contributed by atoms with E-state index in [9.17, 15) is 0 Å². The average molecular weight is 388 g/mol. The Morgan fingerprint density at radius 2 is 2.07 bits per heavy atom. The third-order valence-corrected chi connectivity index (χ3v) is 4.34. The molecule has 0 fully saturated rings. The van der Waals surface area contributed by atoms with Gasteiger partial charge in [-0.05, 0) is 25.1 Å². The molecule has 0 atom stereocenters. The van der Waals surface area contributed by atoms with Gasteiger partial charge in [-0.2, -0.15) is 4.98 Å². The third-order valence-electron chi connectivity index (χ3n) is 4.34. The standard InChI is InChI=1S/C18H21N7O.ClH/c1-2-15-23-16(26-25-15)11-21-18-13-5-8-19-9-6-14(13)22-17(24-18)12-4-3-7-20-10-12;/h3-4,7,10,19H,2,5-6,8-9,11H2,1H3,(H,21,22,24);1H. The molecule has 0 amide bonds. The van der Waals surface area contributed by atoms with Crippen LogP contribution < -0.4 is 10.6 Å². The highest BCUT2D eigenvalue weighted by atomic mass is 35.5. The maximum atomic E-state index is 5.27. The number of anilines is 1. The van der Waals surface area contributed by atoms with Gasteiger partial charge >= 0.3 is 0 Å². The number of halogens is 1. The second kappa shape index (κ2) is 8.88. The number of rotatable bonds is 5. The summed E-state index contributed by atoms with van der Waals surface area (Å²) in [4.78, 5) is 18.1. The van der Waals surface area contributed by atoms with Crippen molar-refractivity contribution in [2.24, 2.45) is 0 Å². The van der Waals surface area contributed by atoms with E-state index in [2.05, 4.69) is 25.8 Å². The first-order valence-electron chi connectivity index (χ1n) is 8.89. The normalized spacial score (nSPS) is 13.4. The van der Waals surface area contributed by atoms with Crippen molar-refractivity contribution in [2.75, 3.05) is 18.4 Å². The molecule has 1 aliphatic heterocycles. The number of nitrogens with zero attached hydrogens (tertiary/aromatic N) is 5. The Kier molecular flexibility index (Phi) is 6.31. The van der Waals surface area contributed by atoms with E-state index in [-0.39, 0.29) is 12.4 Å². The Balaban J connectivity index is 0.00000210. The molecule has 0 aliphatic carbocycles. The lowest BCUT2D eigenvalue weighted by atomic mass is 10.1. The molecule has 0 saturated heterocycles. The van der Waals surface area contributed by atoms with Crippen LogP contribution in [0.2, 0.25) is 0 Å². The lowest BCUT2D eigenvalue weighted by molar-refractivity contribution is 0.378. The zero-order chi connectivity index (χ0) is 17.8. The number of hydrogen-bond donors (Lipinski definition) is 2. The number of aromatic nitrogens is 5. The molecule has 0 saturated carbocycles. The summed E-state index contributed by atoms with van der Waals surface area (Å²) in [7, 11) is 0. The number of nitrogens with one attached hydrogen (secondary N) is 2. The van der Waals surface area contributed by atoms with Crippen molar-refractivity contribution in [3.8, 4) is 11.4 Å². The van der Waals surface area contributed by atoms with Gasteiger partial charge in [-0.15, -0.1) is 12.4 Å². The van der Waals surface area contributed by atoms with Crippen molar-refractivity contribution >= 4 is 18.2 Å². The van der Waals surface area contributed by atoms with E-state index in [1.807, 2.05) is 19.1 Å². The predicted octanol–water partition coefficient (Wildman–Crippen LogP) is 2.21. The summed E-state index contributed by atoms with van der Waals surface area (Å²) < 4.78 is 5.27. The number of fused-ring (bicyclic) bond motifs is 1. The molecular formula is C18H22ClN7O. The Morgan fingerprint density at radius 3 is 2.85 bits per heavy atom. The van der Waals surface area contributed by atoms with E-state index in [0.717, 1.165) is 55.0 Å². The molecule has 1 aliphatic rings. The Morgan fingerprint density at radius 1 is 1.19 bits per heavy atom. The molecule has 0 radical (unpaired) electrons. The quantitative estimate of drug-likeness (QED) is 0.687. The largest absolute Gasteiger partial charge is 0.361 e. The third kappa shape index (κ3) is 4.40. The van der Waals surface area contributed by atoms with Crippen molar-refractivity contribution in [1.82, 2.24) is 30.4 Å². The van der Waals surface area contributed by atoms with Crippen molar-refractivity contribution in [3.63, 3.8) is 0 Å². The molecule has 2 N–H and O–H groups in total. The predicted molar refractivity (Wildman–Crippen MR) is 104 cm³/mol. The number of aryl methyl sites for hydroxylation is 1. The minimum Gasteiger partial charge on any atom is -0.361 e. The summed E-state index contributed by atoms with van der Waals surface area (Å²) in [6, 6.07) is 3.86. The first-order chi connectivity index (χ1) is 12.8. The molecule has 4 rings (SSSR count). The molecule has 9 heteroatoms. The van der Waals surface area contributed by atoms with Crippen LogP contribution in [0.4, 0.5) is 5.82 Å². The number of pyridine rings is 1. The lowest BCUT2D eigenvalue weighted by Crippen LogP contribution is -2.16. The van der Waals surface area contributed by atoms with Gasteiger partial charge < -0.3 is 15.2 Å². The molecule has 3 aromatic heterocycles. The fraction of sp³-hybridized carbons (Fsp3) is 0.389. The smallest absolute Gasteiger partial charge is 0.245 e. The van der Waals surface area contributed by atoms with Crippen LogP contribution in [-0.4, -0.2) is 38.2 Å². The minimum atomic E-state index is 0. The molecule has 142 valence electrons. The van der Waals surface area contributed by atoms with Gasteiger partial charge in [0.05, 0.1) is 12.2 Å². The van der Waals surface area contributed by atoms with Crippen molar-refractivity contribution in [2.45, 2.75) is 32.7 Å². The van der Waals surface area contributed by atoms with E-state index in [1.54, 1.807) is 12.4 Å². The summed E-state index contributed by atoms with van der Waals surface area (Å²) in [5.74, 6) is 2.78. The first-order valence-corrected chi connectivity index (χ1v) is 8.89. The van der Waals surface area contributed by atoms with Gasteiger partial charge in [-0.1, -0.05) is 12.1 Å². The molecule has 0 bridgehead atoms. The monoisotopic (exact) mass is 387 g/mol. The zero-order valence-corrected chi connectivity index (χ0v) is 15.9. The van der Waals surface area contributed by atoms with E-state index < -0.39 is 0 Å². The van der Waals surface area contributed by atoms with Crippen LogP contribution in [-0.2, 0) is 25.8 Å². The van der Waals surface area contributed by atoms with Crippen molar-refractivity contribution in [1.29, 1.82) is 0 Å². The maximum absolute atomic E-state index is 5.27. The summed E-state index contributed by atoms with van der Waals surface area (Å²) in [5.41, 5.74) is 3.13. The van der Waals surface area contributed by atoms with E-state index in [4.69, 9.17) is 14.5 Å². The van der Waals surface area contributed by atoms with E-state index in [0.29, 0.717) is 24.1 Å². The summed E-state index contributed by atoms with van der Waals surface area (Å²) in [5, 5.41) is 10.7. The van der Waals surface area contributed by atoms with Gasteiger partial charge in [0.1, 0.15) is 5.82 Å². The summed E-state index contributed by atoms with van der Waals surface area (Å²) in [6.45, 7) is 4.27. The highest BCUT2D eigenvalue weighted by molar-refractivity contribution is 5.85. The van der Waals surface area contributed by atoms with Crippen LogP contribution in [0, 0.1) is 0 Å². The lowest BCUT2D eigenvalue weighted by Gasteiger charge is -2.14. The molecule has 3 aromatic rings. The van der Waals surface area contributed by atoms with Crippen molar-refractivity contribution in [3.05, 3.63) is 47.5 Å². The molecular weight excluding hydrogens is 366 g/mol. The van der Waals surface area contributed by atoms with Crippen LogP contribution in [0.3, 0.4) is 0 Å². The van der Waals surface area contributed by atoms with Gasteiger partial charge in [0.15, 0.2) is 11.6 Å². The van der Waals surface area contributed by atoms with Crippen molar-refractivity contribution < 1.29 is 4.52 Å². The number of hydrogen-bond acceptors (Lipinski definition) is 8. The highest BCUT2D eigenvalue weighted by Crippen LogP contribution is 2.24. The second-order valence-corrected chi connectivity index (χ2v) is 6.12. The summed E-state index contributed by atoms with van der Waals surface area (Å²) in [6.07, 6.45) is 6.04. The zero-order valence-electron chi connectivity index (χ0n) is 15.1. The fourth-order valence-corrected chi connectivity index (χ4v) is 2.98. The van der Waals surface area contributed by atoms with Gasteiger partial charge in [0.25, 0.3) is 0 Å². The van der Waals surface area contributed by atoms with Gasteiger partial charge in [0.2, 0.25) is 5.89 Å². The van der Waals surface area contributed by atoms with Crippen LogP contribution >= 0.6 is 12.4 Å². The summed E-state index contributed by atoms with van der Waals surface area (Å²) >= 11 is 0.